The van der Waals surface area contributed by atoms with E-state index in [1.807, 2.05) is 20.8 Å². The van der Waals surface area contributed by atoms with Gasteiger partial charge in [-0.15, -0.1) is 0 Å². The lowest BCUT2D eigenvalue weighted by atomic mass is 10.2. The van der Waals surface area contributed by atoms with Crippen molar-refractivity contribution in [3.8, 4) is 0 Å². The van der Waals surface area contributed by atoms with Gasteiger partial charge in [0.15, 0.2) is 5.16 Å². The van der Waals surface area contributed by atoms with E-state index < -0.39 is 5.60 Å². The monoisotopic (exact) mass is 326 g/mol. The quantitative estimate of drug-likeness (QED) is 0.853. The minimum Gasteiger partial charge on any atom is -0.444 e. The van der Waals surface area contributed by atoms with E-state index in [0.29, 0.717) is 31.9 Å². The van der Waals surface area contributed by atoms with Crippen LogP contribution in [0.1, 0.15) is 20.8 Å². The highest BCUT2D eigenvalue weighted by Gasteiger charge is 2.27. The maximum atomic E-state index is 12.1. The molecule has 1 aliphatic heterocycles. The SMILES string of the molecule is CC(C)(C)OC(=O)N1CCN(C(=O)CSc2ncc[nH]2)CC1. The van der Waals surface area contributed by atoms with E-state index in [1.165, 1.54) is 11.8 Å². The molecular weight excluding hydrogens is 304 g/mol. The van der Waals surface area contributed by atoms with Crippen molar-refractivity contribution in [2.45, 2.75) is 31.5 Å². The summed E-state index contributed by atoms with van der Waals surface area (Å²) in [6.07, 6.45) is 3.07. The molecule has 0 aliphatic carbocycles. The number of amides is 2. The third kappa shape index (κ3) is 4.94. The smallest absolute Gasteiger partial charge is 0.410 e. The van der Waals surface area contributed by atoms with Crippen molar-refractivity contribution >= 4 is 23.8 Å². The number of hydrogen-bond donors (Lipinski definition) is 1. The normalized spacial score (nSPS) is 15.8. The summed E-state index contributed by atoms with van der Waals surface area (Å²) in [6.45, 7) is 7.62. The molecule has 0 radical (unpaired) electrons. The van der Waals surface area contributed by atoms with Crippen LogP contribution < -0.4 is 0 Å². The largest absolute Gasteiger partial charge is 0.444 e. The second kappa shape index (κ2) is 7.04. The van der Waals surface area contributed by atoms with Crippen molar-refractivity contribution in [2.75, 3.05) is 31.9 Å². The van der Waals surface area contributed by atoms with E-state index in [2.05, 4.69) is 9.97 Å². The lowest BCUT2D eigenvalue weighted by Gasteiger charge is -2.35. The van der Waals surface area contributed by atoms with Gasteiger partial charge in [0.1, 0.15) is 5.60 Å². The number of H-pyrrole nitrogens is 1. The Labute approximate surface area is 134 Å². The second-order valence-electron chi connectivity index (χ2n) is 6.03. The van der Waals surface area contributed by atoms with Crippen LogP contribution in [-0.2, 0) is 9.53 Å². The molecule has 7 nitrogen and oxygen atoms in total. The first-order valence-corrected chi connectivity index (χ1v) is 8.21. The maximum Gasteiger partial charge on any atom is 0.410 e. The van der Waals surface area contributed by atoms with Gasteiger partial charge in [-0.2, -0.15) is 0 Å². The summed E-state index contributed by atoms with van der Waals surface area (Å²) in [5.41, 5.74) is -0.496. The van der Waals surface area contributed by atoms with Gasteiger partial charge in [-0.25, -0.2) is 9.78 Å². The van der Waals surface area contributed by atoms with E-state index in [-0.39, 0.29) is 12.0 Å². The molecule has 22 heavy (non-hydrogen) atoms. The minimum atomic E-state index is -0.496. The van der Waals surface area contributed by atoms with Crippen LogP contribution in [0.4, 0.5) is 4.79 Å². The van der Waals surface area contributed by atoms with E-state index in [9.17, 15) is 9.59 Å². The first kappa shape index (κ1) is 16.7. The molecule has 2 heterocycles. The van der Waals surface area contributed by atoms with E-state index in [0.717, 1.165) is 5.16 Å². The third-order valence-electron chi connectivity index (χ3n) is 3.09. The molecule has 8 heteroatoms. The summed E-state index contributed by atoms with van der Waals surface area (Å²) >= 11 is 1.38. The van der Waals surface area contributed by atoms with Gasteiger partial charge in [0.25, 0.3) is 0 Å². The number of aromatic amines is 1. The zero-order valence-electron chi connectivity index (χ0n) is 13.2. The molecule has 2 rings (SSSR count). The number of carbonyl (C=O) groups excluding carboxylic acids is 2. The van der Waals surface area contributed by atoms with Crippen molar-refractivity contribution in [3.05, 3.63) is 12.4 Å². The molecule has 0 unspecified atom stereocenters. The van der Waals surface area contributed by atoms with Crippen molar-refractivity contribution in [1.82, 2.24) is 19.8 Å². The van der Waals surface area contributed by atoms with Crippen LogP contribution in [0.2, 0.25) is 0 Å². The molecule has 1 aliphatic rings. The predicted molar refractivity (Wildman–Crippen MR) is 83.7 cm³/mol. The number of imidazole rings is 1. The number of hydrogen-bond acceptors (Lipinski definition) is 5. The maximum absolute atomic E-state index is 12.1. The molecule has 1 aromatic rings. The fourth-order valence-corrected chi connectivity index (χ4v) is 2.75. The van der Waals surface area contributed by atoms with Crippen LogP contribution >= 0.6 is 11.8 Å². The van der Waals surface area contributed by atoms with Crippen LogP contribution in [0, 0.1) is 0 Å². The van der Waals surface area contributed by atoms with Gasteiger partial charge in [-0.05, 0) is 20.8 Å². The minimum absolute atomic E-state index is 0.0604. The van der Waals surface area contributed by atoms with Crippen molar-refractivity contribution < 1.29 is 14.3 Å². The average Bonchev–Trinajstić information content (AvgIpc) is 2.96. The van der Waals surface area contributed by atoms with E-state index >= 15 is 0 Å². The van der Waals surface area contributed by atoms with E-state index in [4.69, 9.17) is 4.74 Å². The number of nitrogens with one attached hydrogen (secondary N) is 1. The molecule has 0 saturated carbocycles. The van der Waals surface area contributed by atoms with Crippen LogP contribution in [0.5, 0.6) is 0 Å². The Morgan fingerprint density at radius 3 is 2.45 bits per heavy atom. The second-order valence-corrected chi connectivity index (χ2v) is 7.00. The van der Waals surface area contributed by atoms with Gasteiger partial charge >= 0.3 is 6.09 Å². The predicted octanol–water partition coefficient (Wildman–Crippen LogP) is 1.58. The summed E-state index contributed by atoms with van der Waals surface area (Å²) in [6, 6.07) is 0. The lowest BCUT2D eigenvalue weighted by molar-refractivity contribution is -0.130. The summed E-state index contributed by atoms with van der Waals surface area (Å²) in [4.78, 5) is 34.5. The zero-order chi connectivity index (χ0) is 16.2. The van der Waals surface area contributed by atoms with Crippen LogP contribution in [0.3, 0.4) is 0 Å². The Morgan fingerprint density at radius 1 is 1.27 bits per heavy atom. The molecule has 0 bridgehead atoms. The standard InChI is InChI=1S/C14H22N4O3S/c1-14(2,3)21-13(20)18-8-6-17(7-9-18)11(19)10-22-12-15-4-5-16-12/h4-5H,6-10H2,1-3H3,(H,15,16). The number of nitrogens with zero attached hydrogens (tertiary/aromatic N) is 3. The Morgan fingerprint density at radius 2 is 1.91 bits per heavy atom. The fraction of sp³-hybridized carbons (Fsp3) is 0.643. The number of rotatable bonds is 3. The number of thioether (sulfide) groups is 1. The van der Waals surface area contributed by atoms with Gasteiger partial charge in [0, 0.05) is 38.6 Å². The number of carbonyl (C=O) groups is 2. The zero-order valence-corrected chi connectivity index (χ0v) is 14.0. The molecule has 0 atom stereocenters. The molecule has 1 saturated heterocycles. The van der Waals surface area contributed by atoms with Crippen molar-refractivity contribution in [2.24, 2.45) is 0 Å². The van der Waals surface area contributed by atoms with Gasteiger partial charge < -0.3 is 19.5 Å². The molecule has 1 N–H and O–H groups in total. The molecule has 0 spiro atoms. The summed E-state index contributed by atoms with van der Waals surface area (Å²) < 4.78 is 5.34. The molecular formula is C14H22N4O3S. The van der Waals surface area contributed by atoms with Crippen molar-refractivity contribution in [3.63, 3.8) is 0 Å². The molecule has 122 valence electrons. The number of aromatic nitrogens is 2. The average molecular weight is 326 g/mol. The summed E-state index contributed by atoms with van der Waals surface area (Å²) in [5, 5.41) is 0.737. The number of piperazine rings is 1. The summed E-state index contributed by atoms with van der Waals surface area (Å²) in [5.74, 6) is 0.408. The van der Waals surface area contributed by atoms with Gasteiger partial charge in [0.2, 0.25) is 5.91 Å². The highest BCUT2D eigenvalue weighted by Crippen LogP contribution is 2.15. The Kier molecular flexibility index (Phi) is 5.33. The topological polar surface area (TPSA) is 78.5 Å². The van der Waals surface area contributed by atoms with Gasteiger partial charge in [0.05, 0.1) is 5.75 Å². The summed E-state index contributed by atoms with van der Waals surface area (Å²) in [7, 11) is 0. The molecule has 1 fully saturated rings. The van der Waals surface area contributed by atoms with Crippen molar-refractivity contribution in [1.29, 1.82) is 0 Å². The molecule has 0 aromatic carbocycles. The van der Waals surface area contributed by atoms with E-state index in [1.54, 1.807) is 22.2 Å². The third-order valence-corrected chi connectivity index (χ3v) is 3.98. The van der Waals surface area contributed by atoms with Gasteiger partial charge in [-0.1, -0.05) is 11.8 Å². The van der Waals surface area contributed by atoms with Gasteiger partial charge in [-0.3, -0.25) is 4.79 Å². The van der Waals surface area contributed by atoms with Crippen LogP contribution in [0.15, 0.2) is 17.6 Å². The first-order chi connectivity index (χ1) is 10.3. The highest BCUT2D eigenvalue weighted by molar-refractivity contribution is 7.99. The Balaban J connectivity index is 1.74. The fourth-order valence-electron chi connectivity index (χ4n) is 2.02. The molecule has 1 aromatic heterocycles. The first-order valence-electron chi connectivity index (χ1n) is 7.23. The highest BCUT2D eigenvalue weighted by atomic mass is 32.2. The van der Waals surface area contributed by atoms with Crippen LogP contribution in [0.25, 0.3) is 0 Å². The Bertz CT molecular complexity index is 505. The lowest BCUT2D eigenvalue weighted by Crippen LogP contribution is -2.52. The molecule has 2 amide bonds. The Hall–Kier alpha value is -1.70. The number of ether oxygens (including phenoxy) is 1. The van der Waals surface area contributed by atoms with Crippen LogP contribution in [-0.4, -0.2) is 69.3 Å².